The van der Waals surface area contributed by atoms with E-state index in [-0.39, 0.29) is 5.54 Å². The van der Waals surface area contributed by atoms with Crippen LogP contribution in [0.25, 0.3) is 10.8 Å². The summed E-state index contributed by atoms with van der Waals surface area (Å²) in [5, 5.41) is 12.8. The second-order valence-corrected chi connectivity index (χ2v) is 7.72. The van der Waals surface area contributed by atoms with Gasteiger partial charge in [0.2, 0.25) is 0 Å². The van der Waals surface area contributed by atoms with Gasteiger partial charge in [0, 0.05) is 41.0 Å². The van der Waals surface area contributed by atoms with Crippen LogP contribution in [-0.2, 0) is 0 Å². The fraction of sp³-hybridized carbons (Fsp3) is 0.474. The second kappa shape index (κ2) is 5.06. The SMILES string of the molecule is Cc1ccc(C)c2c3c(cc(O)c12)N(C(C)(C)C)CC3CCl. The number of nitrogens with zero attached hydrogens (tertiary/aromatic N) is 1. The summed E-state index contributed by atoms with van der Waals surface area (Å²) in [4.78, 5) is 2.37. The Hall–Kier alpha value is -1.41. The molecule has 0 spiro atoms. The number of phenols is 1. The van der Waals surface area contributed by atoms with E-state index in [9.17, 15) is 5.11 Å². The molecule has 1 N–H and O–H groups in total. The van der Waals surface area contributed by atoms with Crippen LogP contribution in [0.4, 0.5) is 5.69 Å². The minimum absolute atomic E-state index is 0.00735. The van der Waals surface area contributed by atoms with Gasteiger partial charge in [-0.05, 0) is 56.7 Å². The third kappa shape index (κ3) is 2.16. The first-order valence-electron chi connectivity index (χ1n) is 7.85. The van der Waals surface area contributed by atoms with E-state index in [0.717, 1.165) is 23.2 Å². The Morgan fingerprint density at radius 3 is 2.32 bits per heavy atom. The maximum atomic E-state index is 10.6. The summed E-state index contributed by atoms with van der Waals surface area (Å²) in [7, 11) is 0. The molecular weight excluding hydrogens is 294 g/mol. The van der Waals surface area contributed by atoms with E-state index in [1.165, 1.54) is 16.5 Å². The van der Waals surface area contributed by atoms with Crippen LogP contribution in [0.15, 0.2) is 18.2 Å². The molecule has 3 rings (SSSR count). The molecule has 0 aromatic heterocycles. The van der Waals surface area contributed by atoms with Crippen molar-refractivity contribution in [2.75, 3.05) is 17.3 Å². The van der Waals surface area contributed by atoms with Gasteiger partial charge >= 0.3 is 0 Å². The Bertz CT molecular complexity index is 745. The van der Waals surface area contributed by atoms with E-state index in [2.05, 4.69) is 51.7 Å². The highest BCUT2D eigenvalue weighted by Gasteiger charge is 2.36. The number of hydrogen-bond acceptors (Lipinski definition) is 2. The van der Waals surface area contributed by atoms with Gasteiger partial charge < -0.3 is 10.0 Å². The standard InChI is InChI=1S/C19H24ClNO/c1-11-6-7-12(2)17-16(11)15(22)8-14-18(17)13(9-20)10-21(14)19(3,4)5/h6-8,13,22H,9-10H2,1-5H3. The van der Waals surface area contributed by atoms with Gasteiger partial charge in [0.05, 0.1) is 0 Å². The lowest BCUT2D eigenvalue weighted by Crippen LogP contribution is -2.40. The van der Waals surface area contributed by atoms with Crippen LogP contribution in [0.2, 0.25) is 0 Å². The van der Waals surface area contributed by atoms with E-state index in [4.69, 9.17) is 11.6 Å². The molecular formula is C19H24ClNO. The molecule has 2 nitrogen and oxygen atoms in total. The summed E-state index contributed by atoms with van der Waals surface area (Å²) in [5.41, 5.74) is 4.77. The van der Waals surface area contributed by atoms with Crippen molar-refractivity contribution in [2.24, 2.45) is 0 Å². The van der Waals surface area contributed by atoms with Gasteiger partial charge in [-0.15, -0.1) is 11.6 Å². The van der Waals surface area contributed by atoms with Crippen LogP contribution in [0.3, 0.4) is 0 Å². The van der Waals surface area contributed by atoms with E-state index >= 15 is 0 Å². The first-order valence-corrected chi connectivity index (χ1v) is 8.38. The van der Waals surface area contributed by atoms with Crippen LogP contribution in [-0.4, -0.2) is 23.1 Å². The number of hydrogen-bond donors (Lipinski definition) is 1. The minimum Gasteiger partial charge on any atom is -0.507 e. The number of rotatable bonds is 1. The van der Waals surface area contributed by atoms with Crippen LogP contribution in [0, 0.1) is 13.8 Å². The fourth-order valence-electron chi connectivity index (χ4n) is 3.70. The van der Waals surface area contributed by atoms with Crippen LogP contribution >= 0.6 is 11.6 Å². The predicted molar refractivity (Wildman–Crippen MR) is 95.6 cm³/mol. The Morgan fingerprint density at radius 1 is 1.18 bits per heavy atom. The smallest absolute Gasteiger partial charge is 0.125 e. The van der Waals surface area contributed by atoms with Gasteiger partial charge in [-0.2, -0.15) is 0 Å². The topological polar surface area (TPSA) is 23.5 Å². The average Bonchev–Trinajstić information content (AvgIpc) is 2.80. The van der Waals surface area contributed by atoms with Gasteiger partial charge in [0.15, 0.2) is 0 Å². The zero-order valence-electron chi connectivity index (χ0n) is 14.0. The highest BCUT2D eigenvalue weighted by Crippen LogP contribution is 2.48. The van der Waals surface area contributed by atoms with E-state index in [1.807, 2.05) is 6.07 Å². The zero-order chi connectivity index (χ0) is 16.2. The van der Waals surface area contributed by atoms with Crippen molar-refractivity contribution >= 4 is 28.1 Å². The number of halogens is 1. The lowest BCUT2D eigenvalue weighted by atomic mass is 9.90. The third-order valence-electron chi connectivity index (χ3n) is 4.79. The molecule has 118 valence electrons. The Morgan fingerprint density at radius 2 is 1.77 bits per heavy atom. The van der Waals surface area contributed by atoms with Gasteiger partial charge in [0.25, 0.3) is 0 Å². The summed E-state index contributed by atoms with van der Waals surface area (Å²) in [5.74, 6) is 1.28. The van der Waals surface area contributed by atoms with E-state index in [1.54, 1.807) is 0 Å². The molecule has 1 unspecified atom stereocenters. The van der Waals surface area contributed by atoms with Crippen molar-refractivity contribution in [3.63, 3.8) is 0 Å². The Balaban J connectivity index is 2.42. The number of benzene rings is 2. The molecule has 0 saturated heterocycles. The molecule has 1 atom stereocenters. The summed E-state index contributed by atoms with van der Waals surface area (Å²) in [6, 6.07) is 6.15. The van der Waals surface area contributed by atoms with Gasteiger partial charge in [0.1, 0.15) is 5.75 Å². The van der Waals surface area contributed by atoms with Crippen molar-refractivity contribution in [1.82, 2.24) is 0 Å². The van der Waals surface area contributed by atoms with Gasteiger partial charge in [-0.1, -0.05) is 12.1 Å². The first kappa shape index (κ1) is 15.5. The monoisotopic (exact) mass is 317 g/mol. The van der Waals surface area contributed by atoms with Crippen LogP contribution in [0.1, 0.15) is 43.4 Å². The number of alkyl halides is 1. The first-order chi connectivity index (χ1) is 10.3. The number of aryl methyl sites for hydroxylation is 2. The number of fused-ring (bicyclic) bond motifs is 3. The number of aromatic hydroxyl groups is 1. The maximum absolute atomic E-state index is 10.6. The Labute approximate surface area is 137 Å². The quantitative estimate of drug-likeness (QED) is 0.739. The maximum Gasteiger partial charge on any atom is 0.125 e. The van der Waals surface area contributed by atoms with Crippen LogP contribution < -0.4 is 4.90 Å². The fourth-order valence-corrected chi connectivity index (χ4v) is 3.96. The number of anilines is 1. The van der Waals surface area contributed by atoms with Crippen LogP contribution in [0.5, 0.6) is 5.75 Å². The molecule has 0 bridgehead atoms. The normalized spacial score (nSPS) is 18.1. The lowest BCUT2D eigenvalue weighted by Gasteiger charge is -2.35. The second-order valence-electron chi connectivity index (χ2n) is 7.41. The predicted octanol–water partition coefficient (Wildman–Crippen LogP) is 5.10. The molecule has 0 amide bonds. The molecule has 0 aliphatic carbocycles. The van der Waals surface area contributed by atoms with Crippen molar-refractivity contribution in [3.8, 4) is 5.75 Å². The van der Waals surface area contributed by atoms with Crippen molar-refractivity contribution in [3.05, 3.63) is 34.9 Å². The largest absolute Gasteiger partial charge is 0.507 e. The highest BCUT2D eigenvalue weighted by atomic mass is 35.5. The molecule has 2 aromatic carbocycles. The third-order valence-corrected chi connectivity index (χ3v) is 5.17. The summed E-state index contributed by atoms with van der Waals surface area (Å²) >= 11 is 6.29. The van der Waals surface area contributed by atoms with Gasteiger partial charge in [-0.3, -0.25) is 0 Å². The molecule has 1 aliphatic heterocycles. The minimum atomic E-state index is 0.00735. The zero-order valence-corrected chi connectivity index (χ0v) is 14.8. The van der Waals surface area contributed by atoms with Crippen molar-refractivity contribution in [1.29, 1.82) is 0 Å². The molecule has 22 heavy (non-hydrogen) atoms. The summed E-state index contributed by atoms with van der Waals surface area (Å²) in [6.45, 7) is 11.7. The molecule has 3 heteroatoms. The molecule has 0 radical (unpaired) electrons. The van der Waals surface area contributed by atoms with Crippen molar-refractivity contribution < 1.29 is 5.11 Å². The summed E-state index contributed by atoms with van der Waals surface area (Å²) < 4.78 is 0. The van der Waals surface area contributed by atoms with Gasteiger partial charge in [-0.25, -0.2) is 0 Å². The molecule has 2 aromatic rings. The molecule has 0 fully saturated rings. The Kier molecular flexibility index (Phi) is 3.56. The molecule has 0 saturated carbocycles. The van der Waals surface area contributed by atoms with E-state index in [0.29, 0.717) is 17.5 Å². The molecule has 1 aliphatic rings. The molecule has 1 heterocycles. The highest BCUT2D eigenvalue weighted by molar-refractivity contribution is 6.19. The summed E-state index contributed by atoms with van der Waals surface area (Å²) in [6.07, 6.45) is 0. The lowest BCUT2D eigenvalue weighted by molar-refractivity contribution is 0.479. The number of phenolic OH excluding ortho intramolecular Hbond substituents is 1. The van der Waals surface area contributed by atoms with Crippen molar-refractivity contribution in [2.45, 2.75) is 46.1 Å². The average molecular weight is 318 g/mol. The van der Waals surface area contributed by atoms with E-state index < -0.39 is 0 Å².